The van der Waals surface area contributed by atoms with Crippen molar-refractivity contribution < 1.29 is 9.50 Å². The molecule has 0 radical (unpaired) electrons. The molecule has 6 nitrogen and oxygen atoms in total. The molecule has 0 amide bonds. The Morgan fingerprint density at radius 2 is 2.12 bits per heavy atom. The Hall–Kier alpha value is -2.51. The maximum atomic E-state index is 13.2. The van der Waals surface area contributed by atoms with Gasteiger partial charge in [-0.15, -0.1) is 0 Å². The number of hydrogen-bond acceptors (Lipinski definition) is 4. The van der Waals surface area contributed by atoms with E-state index >= 15 is 0 Å². The highest BCUT2D eigenvalue weighted by Gasteiger charge is 2.20. The van der Waals surface area contributed by atoms with Gasteiger partial charge in [0.15, 0.2) is 5.82 Å². The lowest BCUT2D eigenvalue weighted by Crippen LogP contribution is -2.28. The minimum atomic E-state index is -0.333. The number of nitrogens with one attached hydrogen (secondary N) is 1. The summed E-state index contributed by atoms with van der Waals surface area (Å²) in [6.07, 6.45) is 3.51. The van der Waals surface area contributed by atoms with Crippen LogP contribution in [0.2, 0.25) is 0 Å². The van der Waals surface area contributed by atoms with Crippen molar-refractivity contribution in [1.82, 2.24) is 24.6 Å². The van der Waals surface area contributed by atoms with E-state index in [1.165, 1.54) is 12.1 Å². The highest BCUT2D eigenvalue weighted by molar-refractivity contribution is 5.51. The minimum Gasteiger partial charge on any atom is -0.394 e. The summed E-state index contributed by atoms with van der Waals surface area (Å²) in [5.74, 6) is 0.399. The van der Waals surface area contributed by atoms with Crippen molar-refractivity contribution >= 4 is 0 Å². The molecule has 1 aliphatic rings. The lowest BCUT2D eigenvalue weighted by molar-refractivity contribution is 0.250. The highest BCUT2D eigenvalue weighted by Crippen LogP contribution is 2.26. The molecule has 0 unspecified atom stereocenters. The van der Waals surface area contributed by atoms with Crippen molar-refractivity contribution in [3.8, 4) is 11.5 Å². The van der Waals surface area contributed by atoms with E-state index in [0.29, 0.717) is 5.82 Å². The number of fused-ring (bicyclic) bond motifs is 1. The fraction of sp³-hybridized carbons (Fsp3) is 0.294. The Morgan fingerprint density at radius 3 is 2.88 bits per heavy atom. The van der Waals surface area contributed by atoms with E-state index in [1.54, 1.807) is 18.3 Å². The molecule has 1 aliphatic heterocycles. The maximum absolute atomic E-state index is 13.2. The molecular formula is C17H18FN5O. The molecule has 2 aromatic heterocycles. The lowest BCUT2D eigenvalue weighted by Gasteiger charge is -2.18. The van der Waals surface area contributed by atoms with Gasteiger partial charge in [-0.05, 0) is 23.8 Å². The number of benzene rings is 1. The van der Waals surface area contributed by atoms with Gasteiger partial charge in [0.05, 0.1) is 24.9 Å². The van der Waals surface area contributed by atoms with Crippen LogP contribution in [0.25, 0.3) is 11.5 Å². The van der Waals surface area contributed by atoms with Crippen LogP contribution in [-0.4, -0.2) is 37.6 Å². The van der Waals surface area contributed by atoms with Gasteiger partial charge in [0.2, 0.25) is 0 Å². The second-order valence-electron chi connectivity index (χ2n) is 5.83. The van der Waals surface area contributed by atoms with Crippen LogP contribution in [0, 0.1) is 5.82 Å². The van der Waals surface area contributed by atoms with E-state index in [9.17, 15) is 9.50 Å². The minimum absolute atomic E-state index is 0.107. The molecule has 4 rings (SSSR count). The Bertz CT molecular complexity index is 816. The number of aromatic nitrogens is 4. The molecule has 2 N–H and O–H groups in total. The molecule has 0 fully saturated rings. The number of halogens is 1. The summed E-state index contributed by atoms with van der Waals surface area (Å²) in [6.45, 7) is 2.41. The van der Waals surface area contributed by atoms with E-state index in [4.69, 9.17) is 0 Å². The van der Waals surface area contributed by atoms with Crippen molar-refractivity contribution in [2.75, 3.05) is 13.2 Å². The predicted octanol–water partition coefficient (Wildman–Crippen LogP) is 1.57. The van der Waals surface area contributed by atoms with E-state index in [-0.39, 0.29) is 18.5 Å². The van der Waals surface area contributed by atoms with Gasteiger partial charge in [0.25, 0.3) is 0 Å². The van der Waals surface area contributed by atoms with Gasteiger partial charge in [-0.3, -0.25) is 4.68 Å². The number of imidazole rings is 1. The SMILES string of the molecule is OC[C@@H](c1ccc(F)cc1)n1ccnc1-c1cc2n(n1)CCNC2. The van der Waals surface area contributed by atoms with Crippen LogP contribution >= 0.6 is 0 Å². The van der Waals surface area contributed by atoms with Gasteiger partial charge in [0.1, 0.15) is 11.5 Å². The molecule has 0 spiro atoms. The second-order valence-corrected chi connectivity index (χ2v) is 5.83. The number of aliphatic hydroxyl groups is 1. The largest absolute Gasteiger partial charge is 0.394 e. The Balaban J connectivity index is 1.73. The van der Waals surface area contributed by atoms with Crippen molar-refractivity contribution in [2.45, 2.75) is 19.1 Å². The molecule has 0 saturated heterocycles. The van der Waals surface area contributed by atoms with Crippen molar-refractivity contribution in [3.63, 3.8) is 0 Å². The van der Waals surface area contributed by atoms with Gasteiger partial charge in [-0.1, -0.05) is 12.1 Å². The van der Waals surface area contributed by atoms with Crippen LogP contribution in [0.1, 0.15) is 17.3 Å². The second kappa shape index (κ2) is 6.18. The average molecular weight is 327 g/mol. The third-order valence-electron chi connectivity index (χ3n) is 4.33. The van der Waals surface area contributed by atoms with Gasteiger partial charge in [0, 0.05) is 25.5 Å². The number of hydrogen-bond donors (Lipinski definition) is 2. The molecule has 0 bridgehead atoms. The lowest BCUT2D eigenvalue weighted by atomic mass is 10.1. The van der Waals surface area contributed by atoms with Crippen LogP contribution < -0.4 is 5.32 Å². The number of aliphatic hydroxyl groups excluding tert-OH is 1. The first kappa shape index (κ1) is 15.0. The van der Waals surface area contributed by atoms with E-state index in [2.05, 4.69) is 15.4 Å². The molecule has 1 aromatic carbocycles. The van der Waals surface area contributed by atoms with Crippen LogP contribution in [0.15, 0.2) is 42.7 Å². The summed E-state index contributed by atoms with van der Waals surface area (Å²) in [5, 5.41) is 17.8. The third-order valence-corrected chi connectivity index (χ3v) is 4.33. The fourth-order valence-corrected chi connectivity index (χ4v) is 3.10. The first-order valence-corrected chi connectivity index (χ1v) is 7.93. The Kier molecular flexibility index (Phi) is 3.87. The molecule has 7 heteroatoms. The molecule has 1 atom stereocenters. The summed E-state index contributed by atoms with van der Waals surface area (Å²) in [6, 6.07) is 7.85. The number of rotatable bonds is 4. The van der Waals surface area contributed by atoms with Crippen molar-refractivity contribution in [3.05, 3.63) is 59.8 Å². The van der Waals surface area contributed by atoms with Crippen LogP contribution in [0.4, 0.5) is 4.39 Å². The first-order valence-electron chi connectivity index (χ1n) is 7.93. The van der Waals surface area contributed by atoms with Gasteiger partial charge in [-0.2, -0.15) is 5.10 Å². The van der Waals surface area contributed by atoms with Crippen LogP contribution in [-0.2, 0) is 13.1 Å². The smallest absolute Gasteiger partial charge is 0.161 e. The van der Waals surface area contributed by atoms with Crippen molar-refractivity contribution in [2.24, 2.45) is 0 Å². The van der Waals surface area contributed by atoms with Crippen LogP contribution in [0.5, 0.6) is 0 Å². The fourth-order valence-electron chi connectivity index (χ4n) is 3.10. The van der Waals surface area contributed by atoms with Gasteiger partial charge in [-0.25, -0.2) is 9.37 Å². The zero-order valence-electron chi connectivity index (χ0n) is 13.1. The summed E-state index contributed by atoms with van der Waals surface area (Å²) in [7, 11) is 0. The molecule has 3 aromatic rings. The molecule has 0 saturated carbocycles. The molecule has 24 heavy (non-hydrogen) atoms. The Morgan fingerprint density at radius 1 is 1.29 bits per heavy atom. The average Bonchev–Trinajstić information content (AvgIpc) is 3.23. The summed E-state index contributed by atoms with van der Waals surface area (Å²) < 4.78 is 17.0. The molecular weight excluding hydrogens is 309 g/mol. The summed E-state index contributed by atoms with van der Waals surface area (Å²) in [4.78, 5) is 4.42. The number of nitrogens with zero attached hydrogens (tertiary/aromatic N) is 4. The normalized spacial score (nSPS) is 15.2. The molecule has 124 valence electrons. The van der Waals surface area contributed by atoms with E-state index < -0.39 is 0 Å². The maximum Gasteiger partial charge on any atom is 0.161 e. The van der Waals surface area contributed by atoms with Gasteiger partial charge >= 0.3 is 0 Å². The first-order chi connectivity index (χ1) is 11.8. The predicted molar refractivity (Wildman–Crippen MR) is 86.8 cm³/mol. The van der Waals surface area contributed by atoms with E-state index in [0.717, 1.165) is 36.6 Å². The van der Waals surface area contributed by atoms with Crippen LogP contribution in [0.3, 0.4) is 0 Å². The molecule has 3 heterocycles. The zero-order valence-corrected chi connectivity index (χ0v) is 13.1. The monoisotopic (exact) mass is 327 g/mol. The summed E-state index contributed by atoms with van der Waals surface area (Å²) in [5.41, 5.74) is 2.72. The van der Waals surface area contributed by atoms with E-state index in [1.807, 2.05) is 21.5 Å². The molecule has 0 aliphatic carbocycles. The summed E-state index contributed by atoms with van der Waals surface area (Å²) >= 11 is 0. The highest BCUT2D eigenvalue weighted by atomic mass is 19.1. The van der Waals surface area contributed by atoms with Gasteiger partial charge < -0.3 is 15.0 Å². The third kappa shape index (κ3) is 2.61. The standard InChI is InChI=1S/C17H18FN5O/c18-13-3-1-12(2-4-13)16(11-24)22-7-6-20-17(22)15-9-14-10-19-5-8-23(14)21-15/h1-4,6-7,9,16,19,24H,5,8,10-11H2/t16-/m0/s1. The Labute approximate surface area is 138 Å². The zero-order chi connectivity index (χ0) is 16.5. The van der Waals surface area contributed by atoms with Crippen molar-refractivity contribution in [1.29, 1.82) is 0 Å². The quantitative estimate of drug-likeness (QED) is 0.763. The topological polar surface area (TPSA) is 67.9 Å².